The number of amidine groups is 1. The van der Waals surface area contributed by atoms with Crippen molar-refractivity contribution in [3.05, 3.63) is 71.3 Å². The van der Waals surface area contributed by atoms with Crippen LogP contribution in [-0.2, 0) is 5.75 Å². The normalized spacial score (nSPS) is 14.0. The second-order valence-corrected chi connectivity index (χ2v) is 6.21. The van der Waals surface area contributed by atoms with E-state index in [0.717, 1.165) is 10.9 Å². The molecule has 0 fully saturated rings. The fourth-order valence-electron chi connectivity index (χ4n) is 2.42. The molecular formula is C18H18N2OS. The molecule has 4 heteroatoms. The number of hydrogen-bond donors (Lipinski definition) is 0. The lowest BCUT2D eigenvalue weighted by atomic mass is 10.2. The third kappa shape index (κ3) is 3.39. The summed E-state index contributed by atoms with van der Waals surface area (Å²) in [6.07, 6.45) is 0. The summed E-state index contributed by atoms with van der Waals surface area (Å²) in [7, 11) is 0. The molecule has 1 amide bonds. The Balaban J connectivity index is 1.67. The largest absolute Gasteiger partial charge is 0.286 e. The van der Waals surface area contributed by atoms with E-state index in [-0.39, 0.29) is 5.91 Å². The summed E-state index contributed by atoms with van der Waals surface area (Å²) in [5, 5.41) is 0.829. The van der Waals surface area contributed by atoms with Gasteiger partial charge >= 0.3 is 0 Å². The summed E-state index contributed by atoms with van der Waals surface area (Å²) in [4.78, 5) is 18.8. The molecule has 0 aromatic heterocycles. The Morgan fingerprint density at radius 2 is 2.00 bits per heavy atom. The first-order valence-electron chi connectivity index (χ1n) is 7.34. The molecule has 0 unspecified atom stereocenters. The average molecular weight is 310 g/mol. The summed E-state index contributed by atoms with van der Waals surface area (Å²) in [6, 6.07) is 17.8. The van der Waals surface area contributed by atoms with Gasteiger partial charge < -0.3 is 0 Å². The molecule has 2 aromatic carbocycles. The Hall–Kier alpha value is -2.07. The van der Waals surface area contributed by atoms with E-state index in [1.54, 1.807) is 16.7 Å². The zero-order valence-electron chi connectivity index (χ0n) is 12.5. The Bertz CT molecular complexity index is 697. The molecule has 1 heterocycles. The molecule has 22 heavy (non-hydrogen) atoms. The van der Waals surface area contributed by atoms with Crippen molar-refractivity contribution in [1.82, 2.24) is 4.90 Å². The van der Waals surface area contributed by atoms with Crippen LogP contribution in [0.4, 0.5) is 0 Å². The number of amides is 1. The molecule has 1 aliphatic rings. The Labute approximate surface area is 135 Å². The van der Waals surface area contributed by atoms with Gasteiger partial charge in [0.1, 0.15) is 0 Å². The molecule has 0 saturated carbocycles. The number of hydrogen-bond acceptors (Lipinski definition) is 3. The van der Waals surface area contributed by atoms with E-state index in [2.05, 4.69) is 36.2 Å². The maximum Gasteiger partial charge on any atom is 0.259 e. The molecule has 0 spiro atoms. The lowest BCUT2D eigenvalue weighted by Crippen LogP contribution is -2.32. The number of benzene rings is 2. The van der Waals surface area contributed by atoms with Crippen LogP contribution in [0.25, 0.3) is 0 Å². The van der Waals surface area contributed by atoms with Crippen LogP contribution in [0.5, 0.6) is 0 Å². The van der Waals surface area contributed by atoms with Crippen molar-refractivity contribution in [3.8, 4) is 0 Å². The monoisotopic (exact) mass is 310 g/mol. The van der Waals surface area contributed by atoms with Crippen LogP contribution in [0.15, 0.2) is 59.6 Å². The zero-order chi connectivity index (χ0) is 15.4. The van der Waals surface area contributed by atoms with Gasteiger partial charge in [-0.2, -0.15) is 0 Å². The van der Waals surface area contributed by atoms with E-state index in [0.29, 0.717) is 18.7 Å². The van der Waals surface area contributed by atoms with Crippen molar-refractivity contribution >= 4 is 22.8 Å². The molecule has 0 bridgehead atoms. The first-order chi connectivity index (χ1) is 10.7. The van der Waals surface area contributed by atoms with E-state index in [1.165, 1.54) is 11.1 Å². The maximum atomic E-state index is 12.6. The molecule has 0 N–H and O–H groups in total. The standard InChI is InChI=1S/C18H18N2OS/c1-14-6-5-7-15(12-14)13-22-18-19-10-11-20(18)17(21)16-8-3-2-4-9-16/h2-9,12H,10-11,13H2,1H3. The quantitative estimate of drug-likeness (QED) is 0.865. The molecule has 0 radical (unpaired) electrons. The third-order valence-electron chi connectivity index (χ3n) is 3.52. The Morgan fingerprint density at radius 1 is 1.18 bits per heavy atom. The van der Waals surface area contributed by atoms with Gasteiger partial charge in [0.2, 0.25) is 0 Å². The predicted molar refractivity (Wildman–Crippen MR) is 92.3 cm³/mol. The molecule has 1 aliphatic heterocycles. The van der Waals surface area contributed by atoms with Gasteiger partial charge in [0.15, 0.2) is 5.17 Å². The SMILES string of the molecule is Cc1cccc(CSC2=NCCN2C(=O)c2ccccc2)c1. The third-order valence-corrected chi connectivity index (χ3v) is 4.60. The van der Waals surface area contributed by atoms with Crippen LogP contribution < -0.4 is 0 Å². The summed E-state index contributed by atoms with van der Waals surface area (Å²) < 4.78 is 0. The average Bonchev–Trinajstić information content (AvgIpc) is 3.01. The molecule has 112 valence electrons. The van der Waals surface area contributed by atoms with Crippen molar-refractivity contribution in [3.63, 3.8) is 0 Å². The van der Waals surface area contributed by atoms with E-state index < -0.39 is 0 Å². The molecule has 3 nitrogen and oxygen atoms in total. The van der Waals surface area contributed by atoms with Gasteiger partial charge in [-0.25, -0.2) is 0 Å². The highest BCUT2D eigenvalue weighted by atomic mass is 32.2. The molecular weight excluding hydrogens is 292 g/mol. The Kier molecular flexibility index (Phi) is 4.59. The number of thioether (sulfide) groups is 1. The number of rotatable bonds is 3. The van der Waals surface area contributed by atoms with Crippen molar-refractivity contribution in [2.24, 2.45) is 4.99 Å². The highest BCUT2D eigenvalue weighted by Crippen LogP contribution is 2.21. The first-order valence-corrected chi connectivity index (χ1v) is 8.32. The smallest absolute Gasteiger partial charge is 0.259 e. The van der Waals surface area contributed by atoms with Gasteiger partial charge in [-0.1, -0.05) is 59.8 Å². The van der Waals surface area contributed by atoms with E-state index in [1.807, 2.05) is 30.3 Å². The van der Waals surface area contributed by atoms with Crippen LogP contribution in [0.1, 0.15) is 21.5 Å². The van der Waals surface area contributed by atoms with Crippen molar-refractivity contribution < 1.29 is 4.79 Å². The number of carbonyl (C=O) groups excluding carboxylic acids is 1. The van der Waals surface area contributed by atoms with Crippen LogP contribution in [0.3, 0.4) is 0 Å². The first kappa shape index (κ1) is 14.9. The Morgan fingerprint density at radius 3 is 2.77 bits per heavy atom. The number of carbonyl (C=O) groups is 1. The molecule has 0 aliphatic carbocycles. The summed E-state index contributed by atoms with van der Waals surface area (Å²) in [5.41, 5.74) is 3.23. The van der Waals surface area contributed by atoms with E-state index >= 15 is 0 Å². The van der Waals surface area contributed by atoms with Gasteiger partial charge in [0.05, 0.1) is 6.54 Å². The minimum atomic E-state index is 0.0357. The molecule has 0 atom stereocenters. The summed E-state index contributed by atoms with van der Waals surface area (Å²) in [6.45, 7) is 3.45. The fourth-order valence-corrected chi connectivity index (χ4v) is 3.41. The fraction of sp³-hybridized carbons (Fsp3) is 0.222. The van der Waals surface area contributed by atoms with Crippen LogP contribution in [-0.4, -0.2) is 29.1 Å². The van der Waals surface area contributed by atoms with Gasteiger partial charge in [0.25, 0.3) is 5.91 Å². The molecule has 2 aromatic rings. The number of aliphatic imine (C=N–C) groups is 1. The van der Waals surface area contributed by atoms with E-state index in [9.17, 15) is 4.79 Å². The minimum Gasteiger partial charge on any atom is -0.286 e. The second kappa shape index (κ2) is 6.79. The van der Waals surface area contributed by atoms with Crippen molar-refractivity contribution in [1.29, 1.82) is 0 Å². The van der Waals surface area contributed by atoms with Gasteiger partial charge in [0, 0.05) is 17.9 Å². The van der Waals surface area contributed by atoms with Crippen LogP contribution >= 0.6 is 11.8 Å². The topological polar surface area (TPSA) is 32.7 Å². The number of nitrogens with zero attached hydrogens (tertiary/aromatic N) is 2. The second-order valence-electron chi connectivity index (χ2n) is 5.26. The van der Waals surface area contributed by atoms with Gasteiger partial charge in [-0.05, 0) is 24.6 Å². The lowest BCUT2D eigenvalue weighted by Gasteiger charge is -2.18. The predicted octanol–water partition coefficient (Wildman–Crippen LogP) is 3.74. The summed E-state index contributed by atoms with van der Waals surface area (Å²) >= 11 is 1.63. The highest BCUT2D eigenvalue weighted by molar-refractivity contribution is 8.13. The van der Waals surface area contributed by atoms with Crippen LogP contribution in [0, 0.1) is 6.92 Å². The zero-order valence-corrected chi connectivity index (χ0v) is 13.3. The van der Waals surface area contributed by atoms with Gasteiger partial charge in [-0.3, -0.25) is 14.7 Å². The minimum absolute atomic E-state index is 0.0357. The lowest BCUT2D eigenvalue weighted by molar-refractivity contribution is 0.0860. The molecule has 0 saturated heterocycles. The van der Waals surface area contributed by atoms with Crippen molar-refractivity contribution in [2.45, 2.75) is 12.7 Å². The highest BCUT2D eigenvalue weighted by Gasteiger charge is 2.24. The van der Waals surface area contributed by atoms with Crippen LogP contribution in [0.2, 0.25) is 0 Å². The summed E-state index contributed by atoms with van der Waals surface area (Å²) in [5.74, 6) is 0.868. The molecule has 3 rings (SSSR count). The van der Waals surface area contributed by atoms with Gasteiger partial charge in [-0.15, -0.1) is 0 Å². The van der Waals surface area contributed by atoms with Crippen molar-refractivity contribution in [2.75, 3.05) is 13.1 Å². The maximum absolute atomic E-state index is 12.6. The number of aryl methyl sites for hydroxylation is 1. The van der Waals surface area contributed by atoms with E-state index in [4.69, 9.17) is 0 Å².